The fraction of sp³-hybridized carbons (Fsp3) is 0.250. The summed E-state index contributed by atoms with van der Waals surface area (Å²) in [7, 11) is 0. The van der Waals surface area contributed by atoms with Gasteiger partial charge in [-0.25, -0.2) is 19.7 Å². The number of rotatable bonds is 3. The van der Waals surface area contributed by atoms with Crippen LogP contribution in [-0.4, -0.2) is 33.7 Å². The molecular formula is C24H22ClN5OS. The average molecular weight is 464 g/mol. The van der Waals surface area contributed by atoms with Gasteiger partial charge in [0.25, 0.3) is 0 Å². The first kappa shape index (κ1) is 20.8. The zero-order valence-electron chi connectivity index (χ0n) is 17.4. The molecule has 2 aliphatic rings. The number of fused-ring (bicyclic) bond motifs is 3. The van der Waals surface area contributed by atoms with Gasteiger partial charge in [0.1, 0.15) is 5.82 Å². The minimum atomic E-state index is -0.0864. The maximum Gasteiger partial charge on any atom is 0.330 e. The van der Waals surface area contributed by atoms with E-state index in [1.807, 2.05) is 59.5 Å². The van der Waals surface area contributed by atoms with E-state index in [-0.39, 0.29) is 12.1 Å². The Bertz CT molecular complexity index is 1230. The third kappa shape index (κ3) is 3.94. The van der Waals surface area contributed by atoms with Crippen molar-refractivity contribution in [1.29, 1.82) is 0 Å². The highest BCUT2D eigenvalue weighted by atomic mass is 35.5. The molecule has 1 N–H and O–H groups in total. The molecule has 0 radical (unpaired) electrons. The lowest BCUT2D eigenvalue weighted by molar-refractivity contribution is 0.180. The maximum atomic E-state index is 13.6. The molecule has 2 amide bonds. The van der Waals surface area contributed by atoms with Gasteiger partial charge in [0.05, 0.1) is 17.3 Å². The average Bonchev–Trinajstić information content (AvgIpc) is 3.05. The smallest absolute Gasteiger partial charge is 0.317 e. The Hall–Kier alpha value is -3.03. The largest absolute Gasteiger partial charge is 0.330 e. The Morgan fingerprint density at radius 2 is 1.88 bits per heavy atom. The molecular weight excluding hydrogens is 442 g/mol. The quantitative estimate of drug-likeness (QED) is 0.346. The van der Waals surface area contributed by atoms with Gasteiger partial charge in [-0.05, 0) is 54.9 Å². The summed E-state index contributed by atoms with van der Waals surface area (Å²) in [6, 6.07) is 16.9. The fourth-order valence-electron chi connectivity index (χ4n) is 4.39. The third-order valence-electron chi connectivity index (χ3n) is 5.89. The molecule has 0 aliphatic carbocycles. The van der Waals surface area contributed by atoms with Gasteiger partial charge < -0.3 is 9.88 Å². The lowest BCUT2D eigenvalue weighted by Crippen LogP contribution is -2.47. The zero-order chi connectivity index (χ0) is 22.1. The van der Waals surface area contributed by atoms with Crippen LogP contribution in [0, 0.1) is 4.77 Å². The van der Waals surface area contributed by atoms with Crippen LogP contribution < -0.4 is 4.90 Å². The van der Waals surface area contributed by atoms with E-state index in [0.29, 0.717) is 28.0 Å². The van der Waals surface area contributed by atoms with E-state index in [1.165, 1.54) is 0 Å². The van der Waals surface area contributed by atoms with E-state index < -0.39 is 0 Å². The lowest BCUT2D eigenvalue weighted by Gasteiger charge is -2.41. The van der Waals surface area contributed by atoms with Crippen LogP contribution in [-0.2, 0) is 0 Å². The number of halogens is 1. The van der Waals surface area contributed by atoms with Gasteiger partial charge in [0, 0.05) is 17.8 Å². The molecule has 1 fully saturated rings. The monoisotopic (exact) mass is 463 g/mol. The molecule has 1 unspecified atom stereocenters. The van der Waals surface area contributed by atoms with Crippen molar-refractivity contribution in [2.24, 2.45) is 4.99 Å². The number of benzene rings is 2. The Morgan fingerprint density at radius 1 is 1.09 bits per heavy atom. The summed E-state index contributed by atoms with van der Waals surface area (Å²) in [5.41, 5.74) is 2.60. The first-order valence-corrected chi connectivity index (χ1v) is 11.5. The highest BCUT2D eigenvalue weighted by Gasteiger charge is 2.41. The van der Waals surface area contributed by atoms with Crippen LogP contribution in [0.5, 0.6) is 0 Å². The Labute approximate surface area is 196 Å². The molecule has 1 saturated heterocycles. The predicted octanol–water partition coefficient (Wildman–Crippen LogP) is 6.73. The molecule has 3 heterocycles. The van der Waals surface area contributed by atoms with Crippen molar-refractivity contribution in [3.05, 3.63) is 75.5 Å². The summed E-state index contributed by atoms with van der Waals surface area (Å²) < 4.78 is 0.294. The van der Waals surface area contributed by atoms with Crippen LogP contribution in [0.3, 0.4) is 0 Å². The molecule has 3 aromatic rings. The minimum absolute atomic E-state index is 0.0590. The van der Waals surface area contributed by atoms with Crippen LogP contribution in [0.25, 0.3) is 0 Å². The second kappa shape index (κ2) is 8.84. The first-order valence-electron chi connectivity index (χ1n) is 10.7. The number of aromatic nitrogens is 2. The number of carbonyl (C=O) groups excluding carboxylic acids is 1. The van der Waals surface area contributed by atoms with Crippen LogP contribution in [0.1, 0.15) is 42.9 Å². The summed E-state index contributed by atoms with van der Waals surface area (Å²) in [6.07, 6.45) is 5.79. The van der Waals surface area contributed by atoms with Crippen molar-refractivity contribution < 1.29 is 4.79 Å². The molecule has 2 aliphatic heterocycles. The standard InChI is InChI=1S/C24H22ClN5OS/c25-17-12-10-16(11-13-17)15-26-21-20-19-9-5-2-6-14-29(19)24(31)30(18-7-3-1-4-8-18)22(20)28-23(32)27-21/h1,3-4,7-8,10-13,15,19H,2,5-6,9,14H2,(H,27,28,32)/b26-15+. The van der Waals surface area contributed by atoms with Crippen LogP contribution >= 0.6 is 23.8 Å². The summed E-state index contributed by atoms with van der Waals surface area (Å²) in [4.78, 5) is 29.8. The number of nitrogens with one attached hydrogen (secondary N) is 1. The molecule has 8 heteroatoms. The van der Waals surface area contributed by atoms with E-state index in [9.17, 15) is 4.79 Å². The zero-order valence-corrected chi connectivity index (χ0v) is 18.9. The van der Waals surface area contributed by atoms with Crippen molar-refractivity contribution in [2.75, 3.05) is 11.4 Å². The fourth-order valence-corrected chi connectivity index (χ4v) is 4.70. The van der Waals surface area contributed by atoms with Crippen LogP contribution in [0.2, 0.25) is 5.02 Å². The number of para-hydroxylation sites is 1. The van der Waals surface area contributed by atoms with Crippen LogP contribution in [0.4, 0.5) is 22.1 Å². The molecule has 0 spiro atoms. The van der Waals surface area contributed by atoms with Crippen molar-refractivity contribution in [3.8, 4) is 0 Å². The molecule has 2 aromatic carbocycles. The Morgan fingerprint density at radius 3 is 2.66 bits per heavy atom. The summed E-state index contributed by atoms with van der Waals surface area (Å²) >= 11 is 11.4. The van der Waals surface area contributed by atoms with Crippen molar-refractivity contribution in [2.45, 2.75) is 31.7 Å². The summed E-state index contributed by atoms with van der Waals surface area (Å²) in [6.45, 7) is 0.711. The Kier molecular flexibility index (Phi) is 5.76. The third-order valence-corrected chi connectivity index (χ3v) is 6.34. The molecule has 162 valence electrons. The number of aromatic amines is 1. The van der Waals surface area contributed by atoms with Gasteiger partial charge in [-0.15, -0.1) is 0 Å². The number of hydrogen-bond acceptors (Lipinski definition) is 4. The minimum Gasteiger partial charge on any atom is -0.317 e. The van der Waals surface area contributed by atoms with Gasteiger partial charge in [-0.1, -0.05) is 54.8 Å². The topological polar surface area (TPSA) is 64.6 Å². The number of amides is 2. The highest BCUT2D eigenvalue weighted by molar-refractivity contribution is 7.71. The molecule has 0 saturated carbocycles. The van der Waals surface area contributed by atoms with Gasteiger partial charge in [-0.3, -0.25) is 0 Å². The van der Waals surface area contributed by atoms with Crippen molar-refractivity contribution >= 4 is 53.4 Å². The van der Waals surface area contributed by atoms with Gasteiger partial charge >= 0.3 is 6.03 Å². The van der Waals surface area contributed by atoms with Gasteiger partial charge in [0.15, 0.2) is 10.6 Å². The number of aliphatic imine (C=N–C) groups is 1. The normalized spacial score (nSPS) is 18.4. The molecule has 0 bridgehead atoms. The molecule has 5 rings (SSSR count). The SMILES string of the molecule is O=C1N(c2ccccc2)c2nc(=S)[nH]c(/N=C/c3ccc(Cl)cc3)c2C2CCCCCN12. The molecule has 1 aromatic heterocycles. The molecule has 6 nitrogen and oxygen atoms in total. The number of anilines is 2. The predicted molar refractivity (Wildman–Crippen MR) is 130 cm³/mol. The van der Waals surface area contributed by atoms with E-state index in [0.717, 1.165) is 42.5 Å². The summed E-state index contributed by atoms with van der Waals surface area (Å²) in [5, 5.41) is 0.675. The van der Waals surface area contributed by atoms with E-state index in [2.05, 4.69) is 9.97 Å². The first-order chi connectivity index (χ1) is 15.6. The number of hydrogen-bond donors (Lipinski definition) is 1. The van der Waals surface area contributed by atoms with E-state index >= 15 is 0 Å². The number of urea groups is 1. The second-order valence-corrected chi connectivity index (χ2v) is 8.77. The van der Waals surface area contributed by atoms with Crippen molar-refractivity contribution in [3.63, 3.8) is 0 Å². The van der Waals surface area contributed by atoms with Gasteiger partial charge in [0.2, 0.25) is 0 Å². The number of nitrogens with zero attached hydrogens (tertiary/aromatic N) is 4. The maximum absolute atomic E-state index is 13.6. The molecule has 1 atom stereocenters. The van der Waals surface area contributed by atoms with E-state index in [1.54, 1.807) is 11.1 Å². The second-order valence-electron chi connectivity index (χ2n) is 7.95. The highest BCUT2D eigenvalue weighted by Crippen LogP contribution is 2.46. The van der Waals surface area contributed by atoms with E-state index in [4.69, 9.17) is 28.8 Å². The lowest BCUT2D eigenvalue weighted by atomic mass is 9.99. The van der Waals surface area contributed by atoms with Gasteiger partial charge in [-0.2, -0.15) is 0 Å². The van der Waals surface area contributed by atoms with Crippen molar-refractivity contribution in [1.82, 2.24) is 14.9 Å². The van der Waals surface area contributed by atoms with Crippen LogP contribution in [0.15, 0.2) is 59.6 Å². The Balaban J connectivity index is 1.68. The molecule has 32 heavy (non-hydrogen) atoms. The summed E-state index contributed by atoms with van der Waals surface area (Å²) in [5.74, 6) is 1.21. The number of H-pyrrole nitrogens is 1. The number of carbonyl (C=O) groups is 1.